The van der Waals surface area contributed by atoms with E-state index in [0.717, 1.165) is 34.9 Å². The zero-order valence-corrected chi connectivity index (χ0v) is 11.6. The fourth-order valence-corrected chi connectivity index (χ4v) is 2.60. The van der Waals surface area contributed by atoms with Gasteiger partial charge in [0.1, 0.15) is 0 Å². The van der Waals surface area contributed by atoms with Crippen molar-refractivity contribution >= 4 is 17.2 Å². The van der Waals surface area contributed by atoms with Crippen molar-refractivity contribution in [3.05, 3.63) is 36.0 Å². The highest BCUT2D eigenvalue weighted by molar-refractivity contribution is 5.79. The highest BCUT2D eigenvalue weighted by atomic mass is 16.7. The summed E-state index contributed by atoms with van der Waals surface area (Å²) in [5, 5.41) is 0. The van der Waals surface area contributed by atoms with Gasteiger partial charge >= 0.3 is 0 Å². The van der Waals surface area contributed by atoms with Gasteiger partial charge in [0, 0.05) is 6.04 Å². The predicted octanol–water partition coefficient (Wildman–Crippen LogP) is 3.33. The summed E-state index contributed by atoms with van der Waals surface area (Å²) in [5.74, 6) is 1.80. The highest BCUT2D eigenvalue weighted by Gasteiger charge is 2.29. The number of hydrogen-bond donors (Lipinski definition) is 1. The van der Waals surface area contributed by atoms with E-state index in [4.69, 9.17) is 10.6 Å². The van der Waals surface area contributed by atoms with Crippen molar-refractivity contribution in [2.24, 2.45) is 0 Å². The number of aromatic nitrogens is 1. The molecular weight excluding hydrogens is 238 g/mol. The Kier molecular flexibility index (Phi) is 2.66. The molecule has 1 aliphatic rings. The van der Waals surface area contributed by atoms with Gasteiger partial charge in [0.2, 0.25) is 0 Å². The molecule has 2 N–H and O–H groups in total. The van der Waals surface area contributed by atoms with E-state index in [9.17, 15) is 0 Å². The molecule has 0 aliphatic carbocycles. The maximum atomic E-state index is 6.28. The molecule has 0 saturated heterocycles. The molecule has 0 saturated carbocycles. The van der Waals surface area contributed by atoms with Crippen molar-refractivity contribution in [1.82, 2.24) is 4.73 Å². The fraction of sp³-hybridized carbons (Fsp3) is 0.333. The van der Waals surface area contributed by atoms with Gasteiger partial charge in [-0.1, -0.05) is 19.1 Å². The lowest BCUT2D eigenvalue weighted by atomic mass is 10.2. The van der Waals surface area contributed by atoms with E-state index in [2.05, 4.69) is 31.7 Å². The molecule has 0 atom stereocenters. The Morgan fingerprint density at radius 1 is 1.26 bits per heavy atom. The third-order valence-electron chi connectivity index (χ3n) is 3.52. The van der Waals surface area contributed by atoms with Crippen LogP contribution >= 0.6 is 0 Å². The smallest absolute Gasteiger partial charge is 0.179 e. The Hall–Kier alpha value is -2.10. The van der Waals surface area contributed by atoms with E-state index in [1.807, 2.05) is 24.4 Å². The van der Waals surface area contributed by atoms with Crippen LogP contribution in [0.15, 0.2) is 30.5 Å². The lowest BCUT2D eigenvalue weighted by Gasteiger charge is -2.35. The minimum Gasteiger partial charge on any atom is -0.395 e. The standard InChI is InChI=1S/C15H19N3O/c1-4-11-9-17-15(14(11)16)18(10(2)3)12-7-5-6-8-13(12)19-17/h5-10H,4,16H2,1-3H3. The average molecular weight is 257 g/mol. The van der Waals surface area contributed by atoms with Crippen LogP contribution in [0, 0.1) is 0 Å². The van der Waals surface area contributed by atoms with Crippen molar-refractivity contribution in [3.63, 3.8) is 0 Å². The van der Waals surface area contributed by atoms with Crippen LogP contribution in [0.3, 0.4) is 0 Å². The molecule has 0 unspecified atom stereocenters. The molecule has 2 aromatic rings. The summed E-state index contributed by atoms with van der Waals surface area (Å²) >= 11 is 0. The van der Waals surface area contributed by atoms with Crippen LogP contribution in [0.5, 0.6) is 5.75 Å². The Labute approximate surface area is 113 Å². The Morgan fingerprint density at radius 3 is 2.68 bits per heavy atom. The van der Waals surface area contributed by atoms with E-state index in [1.165, 1.54) is 0 Å². The molecule has 0 radical (unpaired) electrons. The molecule has 2 heterocycles. The molecule has 4 heteroatoms. The monoisotopic (exact) mass is 257 g/mol. The molecule has 100 valence electrons. The van der Waals surface area contributed by atoms with E-state index in [-0.39, 0.29) is 0 Å². The molecule has 19 heavy (non-hydrogen) atoms. The first kappa shape index (κ1) is 12.0. The van der Waals surface area contributed by atoms with Crippen molar-refractivity contribution in [3.8, 4) is 5.75 Å². The van der Waals surface area contributed by atoms with Crippen molar-refractivity contribution < 1.29 is 4.84 Å². The van der Waals surface area contributed by atoms with Gasteiger partial charge in [-0.2, -0.15) is 4.73 Å². The lowest BCUT2D eigenvalue weighted by Crippen LogP contribution is -2.32. The first-order valence-electron chi connectivity index (χ1n) is 6.69. The molecule has 3 rings (SSSR count). The van der Waals surface area contributed by atoms with Gasteiger partial charge in [0.25, 0.3) is 0 Å². The second-order valence-corrected chi connectivity index (χ2v) is 5.09. The molecule has 0 spiro atoms. The minimum absolute atomic E-state index is 0.311. The third-order valence-corrected chi connectivity index (χ3v) is 3.52. The minimum atomic E-state index is 0.311. The number of nitrogen functional groups attached to an aromatic ring is 1. The average Bonchev–Trinajstić information content (AvgIpc) is 2.72. The lowest BCUT2D eigenvalue weighted by molar-refractivity contribution is 0.211. The van der Waals surface area contributed by atoms with E-state index >= 15 is 0 Å². The molecular formula is C15H19N3O. The van der Waals surface area contributed by atoms with Gasteiger partial charge < -0.3 is 15.5 Å². The molecule has 1 aliphatic heterocycles. The Morgan fingerprint density at radius 2 is 2.00 bits per heavy atom. The summed E-state index contributed by atoms with van der Waals surface area (Å²) in [7, 11) is 0. The number of anilines is 3. The number of fused-ring (bicyclic) bond motifs is 2. The van der Waals surface area contributed by atoms with Crippen LogP contribution < -0.4 is 15.5 Å². The molecule has 0 amide bonds. The fourth-order valence-electron chi connectivity index (χ4n) is 2.60. The summed E-state index contributed by atoms with van der Waals surface area (Å²) in [6.07, 6.45) is 2.88. The Balaban J connectivity index is 2.22. The molecule has 0 bridgehead atoms. The van der Waals surface area contributed by atoms with E-state index in [0.29, 0.717) is 6.04 Å². The highest BCUT2D eigenvalue weighted by Crippen LogP contribution is 2.44. The van der Waals surface area contributed by atoms with Gasteiger partial charge in [-0.05, 0) is 38.0 Å². The van der Waals surface area contributed by atoms with E-state index in [1.54, 1.807) is 4.73 Å². The number of benzene rings is 1. The largest absolute Gasteiger partial charge is 0.395 e. The second-order valence-electron chi connectivity index (χ2n) is 5.09. The quantitative estimate of drug-likeness (QED) is 0.897. The van der Waals surface area contributed by atoms with Crippen LogP contribution in [0.2, 0.25) is 0 Å². The number of nitrogens with zero attached hydrogens (tertiary/aromatic N) is 2. The molecule has 0 fully saturated rings. The summed E-state index contributed by atoms with van der Waals surface area (Å²) in [4.78, 5) is 8.15. The summed E-state index contributed by atoms with van der Waals surface area (Å²) in [5.41, 5.74) is 9.27. The molecule has 1 aromatic heterocycles. The summed E-state index contributed by atoms with van der Waals surface area (Å²) in [6, 6.07) is 8.36. The summed E-state index contributed by atoms with van der Waals surface area (Å²) in [6.45, 7) is 6.42. The number of para-hydroxylation sites is 2. The van der Waals surface area contributed by atoms with Crippen LogP contribution in [-0.4, -0.2) is 10.8 Å². The molecule has 4 nitrogen and oxygen atoms in total. The van der Waals surface area contributed by atoms with E-state index < -0.39 is 0 Å². The van der Waals surface area contributed by atoms with Crippen LogP contribution in [-0.2, 0) is 6.42 Å². The Bertz CT molecular complexity index is 616. The maximum Gasteiger partial charge on any atom is 0.179 e. The number of rotatable bonds is 2. The van der Waals surface area contributed by atoms with Crippen LogP contribution in [0.4, 0.5) is 17.2 Å². The topological polar surface area (TPSA) is 43.4 Å². The van der Waals surface area contributed by atoms with Gasteiger partial charge in [-0.3, -0.25) is 0 Å². The number of nitrogens with two attached hydrogens (primary N) is 1. The third kappa shape index (κ3) is 1.67. The van der Waals surface area contributed by atoms with Gasteiger partial charge in [-0.25, -0.2) is 0 Å². The maximum absolute atomic E-state index is 6.28. The first-order valence-corrected chi connectivity index (χ1v) is 6.69. The van der Waals surface area contributed by atoms with Crippen LogP contribution in [0.25, 0.3) is 0 Å². The normalized spacial score (nSPS) is 13.2. The SMILES string of the molecule is CCc1cn2c(c1N)N(C(C)C)c1ccccc1O2. The predicted molar refractivity (Wildman–Crippen MR) is 78.0 cm³/mol. The van der Waals surface area contributed by atoms with Gasteiger partial charge in [0.15, 0.2) is 11.6 Å². The zero-order chi connectivity index (χ0) is 13.6. The molecule has 1 aromatic carbocycles. The summed E-state index contributed by atoms with van der Waals surface area (Å²) < 4.78 is 1.79. The van der Waals surface area contributed by atoms with Gasteiger partial charge in [0.05, 0.1) is 17.6 Å². The first-order chi connectivity index (χ1) is 9.13. The van der Waals surface area contributed by atoms with Crippen molar-refractivity contribution in [1.29, 1.82) is 0 Å². The number of hydrogen-bond acceptors (Lipinski definition) is 3. The zero-order valence-electron chi connectivity index (χ0n) is 11.6. The van der Waals surface area contributed by atoms with Gasteiger partial charge in [-0.15, -0.1) is 0 Å². The van der Waals surface area contributed by atoms with Crippen LogP contribution in [0.1, 0.15) is 26.3 Å². The second kappa shape index (κ2) is 4.23. The number of aryl methyl sites for hydroxylation is 1. The van der Waals surface area contributed by atoms with Crippen molar-refractivity contribution in [2.45, 2.75) is 33.2 Å². The van der Waals surface area contributed by atoms with Crippen molar-refractivity contribution in [2.75, 3.05) is 10.6 Å².